The number of benzene rings is 2. The van der Waals surface area contributed by atoms with Gasteiger partial charge in [0.05, 0.1) is 11.0 Å². The molecule has 0 unspecified atom stereocenters. The van der Waals surface area contributed by atoms with Crippen molar-refractivity contribution in [3.63, 3.8) is 0 Å². The maximum atomic E-state index is 13.6. The molecule has 18 heavy (non-hydrogen) atoms. The van der Waals surface area contributed by atoms with Gasteiger partial charge in [0.25, 0.3) is 0 Å². The van der Waals surface area contributed by atoms with Crippen molar-refractivity contribution in [2.75, 3.05) is 0 Å². The summed E-state index contributed by atoms with van der Waals surface area (Å²) in [5.74, 6) is 0.503. The van der Waals surface area contributed by atoms with Gasteiger partial charge < -0.3 is 4.98 Å². The van der Waals surface area contributed by atoms with Crippen molar-refractivity contribution in [1.82, 2.24) is 9.97 Å². The summed E-state index contributed by atoms with van der Waals surface area (Å²) >= 11 is 0. The molecule has 0 amide bonds. The predicted octanol–water partition coefficient (Wildman–Crippen LogP) is 3.99. The lowest BCUT2D eigenvalue weighted by Gasteiger charge is -1.99. The minimum atomic E-state index is -0.204. The topological polar surface area (TPSA) is 28.7 Å². The number of rotatable bonds is 1. The first kappa shape index (κ1) is 11.0. The highest BCUT2D eigenvalue weighted by Gasteiger charge is 2.08. The van der Waals surface area contributed by atoms with E-state index < -0.39 is 0 Å². The smallest absolute Gasteiger partial charge is 0.138 e. The van der Waals surface area contributed by atoms with E-state index in [4.69, 9.17) is 0 Å². The van der Waals surface area contributed by atoms with E-state index in [1.165, 1.54) is 6.07 Å². The number of H-pyrrole nitrogens is 1. The van der Waals surface area contributed by atoms with Crippen molar-refractivity contribution in [3.8, 4) is 11.4 Å². The molecule has 0 aliphatic heterocycles. The standard InChI is InChI=1S/C15H13FN2/c1-9-6-7-11(8-12(9)16)15-17-13-5-3-4-10(2)14(13)18-15/h3-8H,1-2H3,(H,17,18). The molecule has 0 fully saturated rings. The van der Waals surface area contributed by atoms with Crippen molar-refractivity contribution >= 4 is 11.0 Å². The lowest BCUT2D eigenvalue weighted by atomic mass is 10.1. The van der Waals surface area contributed by atoms with Crippen molar-refractivity contribution in [1.29, 1.82) is 0 Å². The fourth-order valence-corrected chi connectivity index (χ4v) is 2.05. The van der Waals surface area contributed by atoms with Gasteiger partial charge >= 0.3 is 0 Å². The summed E-state index contributed by atoms with van der Waals surface area (Å²) in [7, 11) is 0. The van der Waals surface area contributed by atoms with Gasteiger partial charge in [-0.2, -0.15) is 0 Å². The molecular formula is C15H13FN2. The highest BCUT2D eigenvalue weighted by atomic mass is 19.1. The minimum absolute atomic E-state index is 0.204. The first-order valence-corrected chi connectivity index (χ1v) is 5.87. The first-order valence-electron chi connectivity index (χ1n) is 5.87. The number of para-hydroxylation sites is 1. The van der Waals surface area contributed by atoms with Crippen LogP contribution in [0.2, 0.25) is 0 Å². The van der Waals surface area contributed by atoms with E-state index >= 15 is 0 Å². The van der Waals surface area contributed by atoms with Gasteiger partial charge in [-0.3, -0.25) is 0 Å². The quantitative estimate of drug-likeness (QED) is 0.684. The number of nitrogens with zero attached hydrogens (tertiary/aromatic N) is 1. The van der Waals surface area contributed by atoms with E-state index in [-0.39, 0.29) is 5.82 Å². The third-order valence-corrected chi connectivity index (χ3v) is 3.16. The third-order valence-electron chi connectivity index (χ3n) is 3.16. The van der Waals surface area contributed by atoms with Crippen molar-refractivity contribution < 1.29 is 4.39 Å². The monoisotopic (exact) mass is 240 g/mol. The lowest BCUT2D eigenvalue weighted by Crippen LogP contribution is -1.85. The van der Waals surface area contributed by atoms with Crippen molar-refractivity contribution in [3.05, 3.63) is 53.3 Å². The molecule has 0 atom stereocenters. The number of imidazole rings is 1. The van der Waals surface area contributed by atoms with Crippen LogP contribution in [0.4, 0.5) is 4.39 Å². The molecular weight excluding hydrogens is 227 g/mol. The average Bonchev–Trinajstić information content (AvgIpc) is 2.78. The Kier molecular flexibility index (Phi) is 2.40. The molecule has 1 heterocycles. The number of aryl methyl sites for hydroxylation is 2. The van der Waals surface area contributed by atoms with Crippen LogP contribution in [-0.4, -0.2) is 9.97 Å². The van der Waals surface area contributed by atoms with Gasteiger partial charge in [0.1, 0.15) is 11.6 Å². The minimum Gasteiger partial charge on any atom is -0.338 e. The van der Waals surface area contributed by atoms with Gasteiger partial charge in [-0.1, -0.05) is 24.3 Å². The summed E-state index contributed by atoms with van der Waals surface area (Å²) in [5, 5.41) is 0. The second-order valence-electron chi connectivity index (χ2n) is 4.52. The molecule has 1 N–H and O–H groups in total. The van der Waals surface area contributed by atoms with Crippen LogP contribution in [0, 0.1) is 19.7 Å². The van der Waals surface area contributed by atoms with E-state index in [9.17, 15) is 4.39 Å². The Morgan fingerprint density at radius 2 is 1.89 bits per heavy atom. The van der Waals surface area contributed by atoms with Crippen LogP contribution in [0.25, 0.3) is 22.4 Å². The van der Waals surface area contributed by atoms with Crippen molar-refractivity contribution in [2.24, 2.45) is 0 Å². The van der Waals surface area contributed by atoms with E-state index in [1.807, 2.05) is 31.2 Å². The number of aromatic nitrogens is 2. The number of hydrogen-bond acceptors (Lipinski definition) is 1. The van der Waals surface area contributed by atoms with Crippen LogP contribution in [-0.2, 0) is 0 Å². The molecule has 0 spiro atoms. The van der Waals surface area contributed by atoms with Gasteiger partial charge in [0, 0.05) is 5.56 Å². The first-order chi connectivity index (χ1) is 8.65. The van der Waals surface area contributed by atoms with Crippen LogP contribution < -0.4 is 0 Å². The fourth-order valence-electron chi connectivity index (χ4n) is 2.05. The largest absolute Gasteiger partial charge is 0.338 e. The molecule has 2 aromatic carbocycles. The number of halogens is 1. The zero-order valence-corrected chi connectivity index (χ0v) is 10.3. The van der Waals surface area contributed by atoms with E-state index in [1.54, 1.807) is 13.0 Å². The number of fused-ring (bicyclic) bond motifs is 1. The molecule has 1 aromatic heterocycles. The summed E-state index contributed by atoms with van der Waals surface area (Å²) in [6, 6.07) is 11.1. The highest BCUT2D eigenvalue weighted by Crippen LogP contribution is 2.23. The number of hydrogen-bond donors (Lipinski definition) is 1. The highest BCUT2D eigenvalue weighted by molar-refractivity contribution is 5.82. The number of nitrogens with one attached hydrogen (secondary N) is 1. The molecule has 2 nitrogen and oxygen atoms in total. The Balaban J connectivity index is 2.19. The molecule has 0 radical (unpaired) electrons. The van der Waals surface area contributed by atoms with E-state index in [2.05, 4.69) is 9.97 Å². The summed E-state index contributed by atoms with van der Waals surface area (Å²) < 4.78 is 13.6. The van der Waals surface area contributed by atoms with Gasteiger partial charge in [0.2, 0.25) is 0 Å². The molecule has 0 saturated heterocycles. The Bertz CT molecular complexity index is 728. The Morgan fingerprint density at radius 1 is 1.06 bits per heavy atom. The fraction of sp³-hybridized carbons (Fsp3) is 0.133. The number of aromatic amines is 1. The van der Waals surface area contributed by atoms with Gasteiger partial charge in [-0.05, 0) is 37.1 Å². The zero-order chi connectivity index (χ0) is 12.7. The van der Waals surface area contributed by atoms with Crippen LogP contribution in [0.3, 0.4) is 0 Å². The van der Waals surface area contributed by atoms with Crippen LogP contribution in [0.15, 0.2) is 36.4 Å². The molecule has 0 saturated carbocycles. The molecule has 0 aliphatic carbocycles. The summed E-state index contributed by atoms with van der Waals surface area (Å²) in [4.78, 5) is 7.75. The maximum absolute atomic E-state index is 13.6. The predicted molar refractivity (Wildman–Crippen MR) is 71.0 cm³/mol. The molecule has 3 rings (SSSR count). The Morgan fingerprint density at radius 3 is 2.61 bits per heavy atom. The van der Waals surface area contributed by atoms with Gasteiger partial charge in [-0.15, -0.1) is 0 Å². The van der Waals surface area contributed by atoms with Crippen LogP contribution >= 0.6 is 0 Å². The van der Waals surface area contributed by atoms with E-state index in [0.717, 1.165) is 22.2 Å². The molecule has 0 bridgehead atoms. The van der Waals surface area contributed by atoms with Crippen molar-refractivity contribution in [2.45, 2.75) is 13.8 Å². The average molecular weight is 240 g/mol. The van der Waals surface area contributed by atoms with Gasteiger partial charge in [-0.25, -0.2) is 9.37 Å². The Labute approximate surface area is 104 Å². The second kappa shape index (κ2) is 3.95. The molecule has 90 valence electrons. The second-order valence-corrected chi connectivity index (χ2v) is 4.52. The zero-order valence-electron chi connectivity index (χ0n) is 10.3. The van der Waals surface area contributed by atoms with Gasteiger partial charge in [0.15, 0.2) is 0 Å². The maximum Gasteiger partial charge on any atom is 0.138 e. The summed E-state index contributed by atoms with van der Waals surface area (Å²) in [5.41, 5.74) is 4.45. The van der Waals surface area contributed by atoms with E-state index in [0.29, 0.717) is 11.4 Å². The molecule has 3 aromatic rings. The molecule has 0 aliphatic rings. The summed E-state index contributed by atoms with van der Waals surface area (Å²) in [6.07, 6.45) is 0. The normalized spacial score (nSPS) is 11.1. The van der Waals surface area contributed by atoms with Crippen LogP contribution in [0.1, 0.15) is 11.1 Å². The van der Waals surface area contributed by atoms with Crippen LogP contribution in [0.5, 0.6) is 0 Å². The Hall–Kier alpha value is -2.16. The lowest BCUT2D eigenvalue weighted by molar-refractivity contribution is 0.619. The third kappa shape index (κ3) is 1.68. The summed E-state index contributed by atoms with van der Waals surface area (Å²) in [6.45, 7) is 3.77. The SMILES string of the molecule is Cc1ccc(-c2nc3c(C)cccc3[nH]2)cc1F. The molecule has 3 heteroatoms.